The van der Waals surface area contributed by atoms with Crippen molar-refractivity contribution < 1.29 is 19.8 Å². The standard InChI is InChI=1S/C18H22N4O4/c19-9-14-2-1-3-15(8-14)22-12-16(23)11-21(17(22)24)10-13-4-6-20(7-5-13)18(25)26/h1-3,8,13,16,23H,4-7,10-12H2,(H,25,26). The van der Waals surface area contributed by atoms with Crippen LogP contribution in [0.4, 0.5) is 15.3 Å². The van der Waals surface area contributed by atoms with Gasteiger partial charge >= 0.3 is 12.1 Å². The number of carboxylic acid groups (broad SMARTS) is 1. The number of benzene rings is 1. The zero-order chi connectivity index (χ0) is 18.7. The van der Waals surface area contributed by atoms with Crippen LogP contribution < -0.4 is 4.90 Å². The highest BCUT2D eigenvalue weighted by atomic mass is 16.4. The van der Waals surface area contributed by atoms with Crippen molar-refractivity contribution in [1.29, 1.82) is 5.26 Å². The van der Waals surface area contributed by atoms with Gasteiger partial charge in [0.05, 0.1) is 30.8 Å². The van der Waals surface area contributed by atoms with Crippen molar-refractivity contribution in [3.8, 4) is 6.07 Å². The van der Waals surface area contributed by atoms with Crippen LogP contribution in [-0.2, 0) is 0 Å². The molecule has 2 aliphatic heterocycles. The number of rotatable bonds is 3. The number of carbonyl (C=O) groups is 2. The van der Waals surface area contributed by atoms with Gasteiger partial charge in [-0.25, -0.2) is 9.59 Å². The molecule has 1 unspecified atom stereocenters. The average molecular weight is 358 g/mol. The predicted molar refractivity (Wildman–Crippen MR) is 93.8 cm³/mol. The second-order valence-electron chi connectivity index (χ2n) is 6.83. The molecule has 1 aromatic rings. The van der Waals surface area contributed by atoms with Gasteiger partial charge in [-0.3, -0.25) is 4.90 Å². The second-order valence-corrected chi connectivity index (χ2v) is 6.83. The van der Waals surface area contributed by atoms with Crippen molar-refractivity contribution >= 4 is 17.8 Å². The van der Waals surface area contributed by atoms with Crippen LogP contribution in [0.5, 0.6) is 0 Å². The number of aliphatic hydroxyl groups is 1. The van der Waals surface area contributed by atoms with Gasteiger partial charge in [0.1, 0.15) is 0 Å². The first kappa shape index (κ1) is 18.0. The molecule has 1 aromatic carbocycles. The van der Waals surface area contributed by atoms with E-state index in [2.05, 4.69) is 6.07 Å². The van der Waals surface area contributed by atoms with E-state index in [1.165, 1.54) is 9.80 Å². The van der Waals surface area contributed by atoms with Crippen molar-refractivity contribution in [2.75, 3.05) is 37.6 Å². The summed E-state index contributed by atoms with van der Waals surface area (Å²) in [6.07, 6.45) is -0.166. The zero-order valence-corrected chi connectivity index (χ0v) is 14.4. The van der Waals surface area contributed by atoms with Gasteiger partial charge in [-0.1, -0.05) is 6.07 Å². The fourth-order valence-electron chi connectivity index (χ4n) is 3.58. The van der Waals surface area contributed by atoms with Crippen LogP contribution in [-0.4, -0.2) is 71.0 Å². The summed E-state index contributed by atoms with van der Waals surface area (Å²) in [6.45, 7) is 1.91. The van der Waals surface area contributed by atoms with Gasteiger partial charge in [-0.15, -0.1) is 0 Å². The summed E-state index contributed by atoms with van der Waals surface area (Å²) in [5.74, 6) is 0.215. The van der Waals surface area contributed by atoms with E-state index in [9.17, 15) is 14.7 Å². The number of nitriles is 1. The molecule has 0 spiro atoms. The molecule has 138 valence electrons. The molecule has 0 aromatic heterocycles. The first-order valence-corrected chi connectivity index (χ1v) is 8.70. The Morgan fingerprint density at radius 3 is 2.65 bits per heavy atom. The van der Waals surface area contributed by atoms with Crippen LogP contribution >= 0.6 is 0 Å². The Morgan fingerprint density at radius 1 is 1.27 bits per heavy atom. The number of β-amino-alcohol motifs (C(OH)–C–C–N with tert-alkyl or cyclic N) is 1. The Bertz CT molecular complexity index is 724. The van der Waals surface area contributed by atoms with E-state index in [0.29, 0.717) is 43.7 Å². The molecule has 1 atom stereocenters. The number of hydrogen-bond donors (Lipinski definition) is 2. The fraction of sp³-hybridized carbons (Fsp3) is 0.500. The van der Waals surface area contributed by atoms with Crippen molar-refractivity contribution in [2.24, 2.45) is 5.92 Å². The number of carbonyl (C=O) groups excluding carboxylic acids is 1. The highest BCUT2D eigenvalue weighted by Gasteiger charge is 2.34. The molecule has 8 nitrogen and oxygen atoms in total. The number of urea groups is 1. The summed E-state index contributed by atoms with van der Waals surface area (Å²) in [6, 6.07) is 8.64. The van der Waals surface area contributed by atoms with Crippen molar-refractivity contribution in [3.05, 3.63) is 29.8 Å². The molecule has 2 saturated heterocycles. The van der Waals surface area contributed by atoms with Crippen molar-refractivity contribution in [2.45, 2.75) is 18.9 Å². The Balaban J connectivity index is 1.68. The minimum Gasteiger partial charge on any atom is -0.465 e. The lowest BCUT2D eigenvalue weighted by atomic mass is 9.96. The van der Waals surface area contributed by atoms with Crippen molar-refractivity contribution in [3.63, 3.8) is 0 Å². The number of aliphatic hydroxyl groups excluding tert-OH is 1. The van der Waals surface area contributed by atoms with Crippen LogP contribution in [0, 0.1) is 17.2 Å². The fourth-order valence-corrected chi connectivity index (χ4v) is 3.58. The lowest BCUT2D eigenvalue weighted by Gasteiger charge is -2.41. The van der Waals surface area contributed by atoms with Gasteiger partial charge < -0.3 is 20.0 Å². The highest BCUT2D eigenvalue weighted by molar-refractivity contribution is 5.93. The van der Waals surface area contributed by atoms with Crippen LogP contribution in [0.15, 0.2) is 24.3 Å². The monoisotopic (exact) mass is 358 g/mol. The summed E-state index contributed by atoms with van der Waals surface area (Å²) in [5, 5.41) is 28.3. The molecular formula is C18H22N4O4. The molecule has 2 aliphatic rings. The second kappa shape index (κ2) is 7.62. The molecule has 26 heavy (non-hydrogen) atoms. The molecular weight excluding hydrogens is 336 g/mol. The van der Waals surface area contributed by atoms with Crippen LogP contribution in [0.3, 0.4) is 0 Å². The largest absolute Gasteiger partial charge is 0.465 e. The molecule has 0 saturated carbocycles. The van der Waals surface area contributed by atoms with Gasteiger partial charge in [0, 0.05) is 25.3 Å². The van der Waals surface area contributed by atoms with Gasteiger partial charge in [0.2, 0.25) is 0 Å². The maximum atomic E-state index is 12.9. The van der Waals surface area contributed by atoms with Crippen LogP contribution in [0.2, 0.25) is 0 Å². The van der Waals surface area contributed by atoms with E-state index in [1.54, 1.807) is 29.2 Å². The molecule has 3 amide bonds. The lowest BCUT2D eigenvalue weighted by Crippen LogP contribution is -2.57. The minimum absolute atomic E-state index is 0.189. The molecule has 0 bridgehead atoms. The summed E-state index contributed by atoms with van der Waals surface area (Å²) < 4.78 is 0. The van der Waals surface area contributed by atoms with Gasteiger partial charge in [0.25, 0.3) is 0 Å². The van der Waals surface area contributed by atoms with Crippen molar-refractivity contribution in [1.82, 2.24) is 9.80 Å². The summed E-state index contributed by atoms with van der Waals surface area (Å²) >= 11 is 0. The predicted octanol–water partition coefficient (Wildman–Crippen LogP) is 1.55. The van der Waals surface area contributed by atoms with Gasteiger partial charge in [-0.05, 0) is 37.0 Å². The lowest BCUT2D eigenvalue weighted by molar-refractivity contribution is 0.0858. The van der Waals surface area contributed by atoms with E-state index in [1.807, 2.05) is 0 Å². The third-order valence-electron chi connectivity index (χ3n) is 4.98. The third-order valence-corrected chi connectivity index (χ3v) is 4.98. The number of amides is 3. The first-order valence-electron chi connectivity index (χ1n) is 8.70. The minimum atomic E-state index is -0.906. The Labute approximate surface area is 151 Å². The van der Waals surface area contributed by atoms with Gasteiger partial charge in [-0.2, -0.15) is 5.26 Å². The van der Waals surface area contributed by atoms with E-state index in [4.69, 9.17) is 10.4 Å². The quantitative estimate of drug-likeness (QED) is 0.852. The molecule has 2 N–H and O–H groups in total. The number of nitrogens with zero attached hydrogens (tertiary/aromatic N) is 4. The Hall–Kier alpha value is -2.79. The topological polar surface area (TPSA) is 108 Å². The summed E-state index contributed by atoms with van der Waals surface area (Å²) in [5.41, 5.74) is 1.06. The summed E-state index contributed by atoms with van der Waals surface area (Å²) in [7, 11) is 0. The molecule has 2 heterocycles. The molecule has 0 aliphatic carbocycles. The van der Waals surface area contributed by atoms with E-state index < -0.39 is 12.2 Å². The average Bonchev–Trinajstić information content (AvgIpc) is 2.65. The molecule has 3 rings (SSSR count). The first-order chi connectivity index (χ1) is 12.5. The van der Waals surface area contributed by atoms with E-state index in [0.717, 1.165) is 0 Å². The van der Waals surface area contributed by atoms with Crippen LogP contribution in [0.25, 0.3) is 0 Å². The maximum absolute atomic E-state index is 12.9. The Morgan fingerprint density at radius 2 is 2.00 bits per heavy atom. The number of anilines is 1. The summed E-state index contributed by atoms with van der Waals surface area (Å²) in [4.78, 5) is 28.4. The number of hydrogen-bond acceptors (Lipinski definition) is 4. The smallest absolute Gasteiger partial charge is 0.407 e. The third kappa shape index (κ3) is 3.89. The van der Waals surface area contributed by atoms with E-state index in [-0.39, 0.29) is 25.0 Å². The number of piperidine rings is 1. The SMILES string of the molecule is N#Cc1cccc(N2CC(O)CN(CC3CCN(C(=O)O)CC3)C2=O)c1. The number of likely N-dealkylation sites (tertiary alicyclic amines) is 1. The van der Waals surface area contributed by atoms with Crippen LogP contribution in [0.1, 0.15) is 18.4 Å². The van der Waals surface area contributed by atoms with E-state index >= 15 is 0 Å². The molecule has 0 radical (unpaired) electrons. The molecule has 8 heteroatoms. The Kier molecular flexibility index (Phi) is 5.28. The zero-order valence-electron chi connectivity index (χ0n) is 14.4. The highest BCUT2D eigenvalue weighted by Crippen LogP contribution is 2.24. The normalized spacial score (nSPS) is 21.6. The molecule has 2 fully saturated rings. The van der Waals surface area contributed by atoms with Gasteiger partial charge in [0.15, 0.2) is 0 Å². The maximum Gasteiger partial charge on any atom is 0.407 e.